The van der Waals surface area contributed by atoms with Gasteiger partial charge in [0.05, 0.1) is 6.54 Å². The molecular formula is C19H22BrN3O4. The maximum absolute atomic E-state index is 12.1. The average Bonchev–Trinajstić information content (AvgIpc) is 3.08. The van der Waals surface area contributed by atoms with Gasteiger partial charge < -0.3 is 19.5 Å². The summed E-state index contributed by atoms with van der Waals surface area (Å²) in [5.41, 5.74) is 1.04. The normalized spacial score (nSPS) is 10.3. The Kier molecular flexibility index (Phi) is 7.60. The summed E-state index contributed by atoms with van der Waals surface area (Å²) in [5.74, 6) is -0.650. The molecule has 0 aliphatic heterocycles. The third-order valence-corrected chi connectivity index (χ3v) is 4.29. The lowest BCUT2D eigenvalue weighted by atomic mass is 10.2. The molecule has 1 heterocycles. The van der Waals surface area contributed by atoms with E-state index in [0.717, 1.165) is 5.56 Å². The van der Waals surface area contributed by atoms with Crippen molar-refractivity contribution in [3.63, 3.8) is 0 Å². The highest BCUT2D eigenvalue weighted by Crippen LogP contribution is 2.15. The van der Waals surface area contributed by atoms with Crippen molar-refractivity contribution in [3.05, 3.63) is 58.5 Å². The molecule has 7 nitrogen and oxygen atoms in total. The fourth-order valence-corrected chi connectivity index (χ4v) is 2.71. The van der Waals surface area contributed by atoms with E-state index >= 15 is 0 Å². The Hall–Kier alpha value is -2.61. The molecule has 3 amide bonds. The van der Waals surface area contributed by atoms with E-state index in [2.05, 4.69) is 21.2 Å². The maximum atomic E-state index is 12.1. The van der Waals surface area contributed by atoms with Crippen LogP contribution in [0.1, 0.15) is 22.5 Å². The van der Waals surface area contributed by atoms with E-state index in [9.17, 15) is 14.4 Å². The molecule has 8 heteroatoms. The molecule has 0 radical (unpaired) electrons. The number of likely N-dealkylation sites (N-methyl/N-ethyl adjacent to an activating group) is 1. The minimum absolute atomic E-state index is 0.0657. The largest absolute Gasteiger partial charge is 0.444 e. The number of furan rings is 1. The highest BCUT2D eigenvalue weighted by Gasteiger charge is 2.18. The number of benzene rings is 1. The minimum Gasteiger partial charge on any atom is -0.444 e. The van der Waals surface area contributed by atoms with Gasteiger partial charge in [0, 0.05) is 33.6 Å². The Morgan fingerprint density at radius 1 is 1.04 bits per heavy atom. The molecule has 2 aromatic rings. The summed E-state index contributed by atoms with van der Waals surface area (Å²) < 4.78 is 5.63. The first-order chi connectivity index (χ1) is 12.9. The van der Waals surface area contributed by atoms with Gasteiger partial charge in [0.2, 0.25) is 11.8 Å². The van der Waals surface area contributed by atoms with E-state index in [-0.39, 0.29) is 37.1 Å². The zero-order valence-electron chi connectivity index (χ0n) is 15.3. The molecule has 2 rings (SSSR count). The van der Waals surface area contributed by atoms with Gasteiger partial charge in [0.25, 0.3) is 5.91 Å². The average molecular weight is 436 g/mol. The smallest absolute Gasteiger partial charge is 0.289 e. The Balaban J connectivity index is 1.70. The van der Waals surface area contributed by atoms with Gasteiger partial charge in [-0.05, 0) is 33.6 Å². The van der Waals surface area contributed by atoms with Crippen LogP contribution in [0.5, 0.6) is 0 Å². The summed E-state index contributed by atoms with van der Waals surface area (Å²) >= 11 is 3.13. The van der Waals surface area contributed by atoms with Crippen molar-refractivity contribution in [1.82, 2.24) is 15.1 Å². The maximum Gasteiger partial charge on any atom is 0.289 e. The Morgan fingerprint density at radius 3 is 2.37 bits per heavy atom. The lowest BCUT2D eigenvalue weighted by Gasteiger charge is -2.18. The van der Waals surface area contributed by atoms with Gasteiger partial charge in [-0.25, -0.2) is 0 Å². The van der Waals surface area contributed by atoms with Gasteiger partial charge in [-0.1, -0.05) is 30.3 Å². The Labute approximate surface area is 166 Å². The molecule has 0 saturated carbocycles. The highest BCUT2D eigenvalue weighted by atomic mass is 79.9. The fourth-order valence-electron chi connectivity index (χ4n) is 2.41. The molecule has 1 aromatic heterocycles. The lowest BCUT2D eigenvalue weighted by Crippen LogP contribution is -2.39. The molecule has 0 saturated heterocycles. The first-order valence-electron chi connectivity index (χ1n) is 8.42. The van der Waals surface area contributed by atoms with Gasteiger partial charge in [-0.15, -0.1) is 0 Å². The number of nitrogens with zero attached hydrogens (tertiary/aromatic N) is 2. The van der Waals surface area contributed by atoms with E-state index < -0.39 is 5.91 Å². The zero-order valence-corrected chi connectivity index (χ0v) is 16.9. The number of hydrogen-bond donors (Lipinski definition) is 1. The summed E-state index contributed by atoms with van der Waals surface area (Å²) in [6.07, 6.45) is 0.192. The number of rotatable bonds is 8. The second-order valence-electron chi connectivity index (χ2n) is 6.10. The summed E-state index contributed by atoms with van der Waals surface area (Å²) in [5, 5.41) is 2.65. The fraction of sp³-hybridized carbons (Fsp3) is 0.316. The third kappa shape index (κ3) is 6.56. The first kappa shape index (κ1) is 20.7. The molecule has 144 valence electrons. The molecule has 27 heavy (non-hydrogen) atoms. The predicted molar refractivity (Wildman–Crippen MR) is 104 cm³/mol. The number of carbonyl (C=O) groups is 3. The number of amides is 3. The van der Waals surface area contributed by atoms with Gasteiger partial charge >= 0.3 is 0 Å². The molecule has 0 aliphatic carbocycles. The summed E-state index contributed by atoms with van der Waals surface area (Å²) in [6.45, 7) is 0.611. The van der Waals surface area contributed by atoms with Crippen LogP contribution in [0.2, 0.25) is 0 Å². The zero-order chi connectivity index (χ0) is 19.8. The van der Waals surface area contributed by atoms with E-state index in [1.807, 2.05) is 30.3 Å². The molecule has 1 aromatic carbocycles. The second-order valence-corrected chi connectivity index (χ2v) is 6.88. The van der Waals surface area contributed by atoms with Crippen molar-refractivity contribution in [2.45, 2.75) is 13.0 Å². The first-order valence-corrected chi connectivity index (χ1v) is 9.21. The number of nitrogens with one attached hydrogen (secondary N) is 1. The van der Waals surface area contributed by atoms with Crippen LogP contribution >= 0.6 is 15.9 Å². The molecule has 0 spiro atoms. The summed E-state index contributed by atoms with van der Waals surface area (Å²) in [6, 6.07) is 12.8. The molecule has 1 N–H and O–H groups in total. The lowest BCUT2D eigenvalue weighted by molar-refractivity contribution is -0.130. The van der Waals surface area contributed by atoms with Gasteiger partial charge in [0.1, 0.15) is 0 Å². The van der Waals surface area contributed by atoms with Gasteiger partial charge in [-0.3, -0.25) is 14.4 Å². The van der Waals surface area contributed by atoms with Crippen LogP contribution in [0.3, 0.4) is 0 Å². The van der Waals surface area contributed by atoms with Crippen molar-refractivity contribution < 1.29 is 18.8 Å². The Morgan fingerprint density at radius 2 is 1.74 bits per heavy atom. The second kappa shape index (κ2) is 9.91. The molecule has 0 unspecified atom stereocenters. The SMILES string of the molecule is CN(Cc1ccccc1)C(=O)CCNC(=O)CN(C)C(=O)c1ccc(Br)o1. The van der Waals surface area contributed by atoms with Crippen molar-refractivity contribution in [2.75, 3.05) is 27.2 Å². The van der Waals surface area contributed by atoms with Crippen LogP contribution < -0.4 is 5.32 Å². The summed E-state index contributed by atoms with van der Waals surface area (Å²) in [4.78, 5) is 39.1. The van der Waals surface area contributed by atoms with E-state index in [1.54, 1.807) is 18.0 Å². The van der Waals surface area contributed by atoms with Crippen LogP contribution in [0.4, 0.5) is 0 Å². The quantitative estimate of drug-likeness (QED) is 0.689. The van der Waals surface area contributed by atoms with Crippen molar-refractivity contribution in [2.24, 2.45) is 0 Å². The number of hydrogen-bond acceptors (Lipinski definition) is 4. The van der Waals surface area contributed by atoms with Crippen LogP contribution in [0.15, 0.2) is 51.6 Å². The number of carbonyl (C=O) groups excluding carboxylic acids is 3. The van der Waals surface area contributed by atoms with Gasteiger partial charge in [0.15, 0.2) is 10.4 Å². The van der Waals surface area contributed by atoms with E-state index in [0.29, 0.717) is 11.2 Å². The van der Waals surface area contributed by atoms with Crippen LogP contribution in [-0.2, 0) is 16.1 Å². The third-order valence-electron chi connectivity index (χ3n) is 3.86. The molecule has 0 fully saturated rings. The van der Waals surface area contributed by atoms with Gasteiger partial charge in [-0.2, -0.15) is 0 Å². The topological polar surface area (TPSA) is 82.9 Å². The van der Waals surface area contributed by atoms with Crippen LogP contribution in [0.25, 0.3) is 0 Å². The standard InChI is InChI=1S/C19H22BrN3O4/c1-22(12-14-6-4-3-5-7-14)18(25)10-11-21-17(24)13-23(2)19(26)15-8-9-16(20)27-15/h3-9H,10-13H2,1-2H3,(H,21,24). The highest BCUT2D eigenvalue weighted by molar-refractivity contribution is 9.10. The van der Waals surface area contributed by atoms with Crippen LogP contribution in [-0.4, -0.2) is 54.7 Å². The van der Waals surface area contributed by atoms with Crippen molar-refractivity contribution in [1.29, 1.82) is 0 Å². The molecule has 0 bridgehead atoms. The van der Waals surface area contributed by atoms with Crippen molar-refractivity contribution in [3.8, 4) is 0 Å². The number of halogens is 1. The van der Waals surface area contributed by atoms with Crippen LogP contribution in [0, 0.1) is 0 Å². The predicted octanol–water partition coefficient (Wildman–Crippen LogP) is 2.28. The Bertz CT molecular complexity index is 791. The molecule has 0 aliphatic rings. The molecule has 0 atom stereocenters. The van der Waals surface area contributed by atoms with E-state index in [1.165, 1.54) is 18.0 Å². The van der Waals surface area contributed by atoms with E-state index in [4.69, 9.17) is 4.42 Å². The minimum atomic E-state index is -0.394. The summed E-state index contributed by atoms with van der Waals surface area (Å²) in [7, 11) is 3.24. The monoisotopic (exact) mass is 435 g/mol. The molecular weight excluding hydrogens is 414 g/mol. The van der Waals surface area contributed by atoms with Crippen molar-refractivity contribution >= 4 is 33.7 Å².